The zero-order valence-corrected chi connectivity index (χ0v) is 3.53. The molecule has 2 nitrogen and oxygen atoms in total. The van der Waals surface area contributed by atoms with E-state index in [1.807, 2.05) is 0 Å². The molecule has 0 N–H and O–H groups in total. The summed E-state index contributed by atoms with van der Waals surface area (Å²) in [6, 6.07) is 0. The summed E-state index contributed by atoms with van der Waals surface area (Å²) < 4.78 is 0. The molecule has 0 rings (SSSR count). The fourth-order valence-electron chi connectivity index (χ4n) is 0. The van der Waals surface area contributed by atoms with Crippen LogP contribution in [0.4, 0.5) is 0 Å². The molecule has 3 heteroatoms. The molecule has 0 saturated carbocycles. The topological polar surface area (TPSA) is 57.0 Å². The molecule has 0 spiro atoms. The van der Waals surface area contributed by atoms with Gasteiger partial charge in [0.25, 0.3) is 0 Å². The molecule has 0 aromatic heterocycles. The van der Waals surface area contributed by atoms with E-state index in [-0.39, 0.29) is 28.0 Å². The van der Waals surface area contributed by atoms with E-state index in [0.717, 1.165) is 0 Å². The monoisotopic (exact) mass is 113 g/mol. The Labute approximate surface area is 41.7 Å². The molecule has 0 aromatic carbocycles. The van der Waals surface area contributed by atoms with Crippen LogP contribution in [0.1, 0.15) is 0 Å². The molecule has 0 aliphatic heterocycles. The van der Waals surface area contributed by atoms with Gasteiger partial charge in [0.05, 0.1) is 0 Å². The first-order valence-corrected chi connectivity index (χ1v) is 0.333. The maximum Gasteiger partial charge on any atom is 0 e. The molecule has 1 radical (unpaired) electrons. The summed E-state index contributed by atoms with van der Waals surface area (Å²) in [5.74, 6) is 0. The van der Waals surface area contributed by atoms with Gasteiger partial charge in [-0.25, -0.2) is 0 Å². The van der Waals surface area contributed by atoms with Gasteiger partial charge in [0.15, 0.2) is 0 Å². The molecule has 33 valence electrons. The van der Waals surface area contributed by atoms with Gasteiger partial charge in [-0.3, -0.25) is 0 Å². The standard InChI is InChI=1S/C2H2.Mn.2O/c1-2;;;/h1-2H;;;/q;;2*-2. The van der Waals surface area contributed by atoms with Gasteiger partial charge in [0.2, 0.25) is 0 Å². The Kier molecular flexibility index (Phi) is 2130000000. The van der Waals surface area contributed by atoms with Gasteiger partial charge in [-0.1, -0.05) is 0 Å². The molecular formula is C2H2MnO2-4. The summed E-state index contributed by atoms with van der Waals surface area (Å²) >= 11 is 0. The zero-order chi connectivity index (χ0) is 2.00. The summed E-state index contributed by atoms with van der Waals surface area (Å²) in [5.41, 5.74) is 0. The normalized spacial score (nSPS) is 0.400. The summed E-state index contributed by atoms with van der Waals surface area (Å²) in [6.45, 7) is 0. The molecule has 0 heterocycles. The Bertz CT molecular complexity index is 12.4. The van der Waals surface area contributed by atoms with Crippen molar-refractivity contribution in [2.75, 3.05) is 0 Å². The molecule has 0 fully saturated rings. The minimum Gasteiger partial charge on any atom is -2.00 e. The molecule has 0 aliphatic rings. The van der Waals surface area contributed by atoms with Crippen LogP contribution >= 0.6 is 0 Å². The fourth-order valence-corrected chi connectivity index (χ4v) is 0. The summed E-state index contributed by atoms with van der Waals surface area (Å²) in [5, 5.41) is 0. The third-order valence-electron chi connectivity index (χ3n) is 0. The van der Waals surface area contributed by atoms with Crippen molar-refractivity contribution in [3.8, 4) is 12.8 Å². The summed E-state index contributed by atoms with van der Waals surface area (Å²) in [4.78, 5) is 0. The van der Waals surface area contributed by atoms with Gasteiger partial charge in [-0.2, -0.15) is 0 Å². The predicted octanol–water partition coefficient (Wildman–Crippen LogP) is 0.00930. The predicted molar refractivity (Wildman–Crippen MR) is 11.3 cm³/mol. The minimum atomic E-state index is 0. The van der Waals surface area contributed by atoms with E-state index in [9.17, 15) is 0 Å². The molecule has 0 saturated heterocycles. The van der Waals surface area contributed by atoms with E-state index in [4.69, 9.17) is 0 Å². The van der Waals surface area contributed by atoms with Crippen molar-refractivity contribution in [2.24, 2.45) is 0 Å². The van der Waals surface area contributed by atoms with Crippen molar-refractivity contribution in [1.29, 1.82) is 0 Å². The first-order valence-electron chi connectivity index (χ1n) is 0.333. The average Bonchev–Trinajstić information content (AvgIpc) is 1.00. The second-order valence-electron chi connectivity index (χ2n) is 0. The Balaban J connectivity index is -0.00000000167. The van der Waals surface area contributed by atoms with Crippen molar-refractivity contribution in [3.05, 3.63) is 0 Å². The Morgan fingerprint density at radius 1 is 0.800 bits per heavy atom. The van der Waals surface area contributed by atoms with Crippen molar-refractivity contribution < 1.29 is 28.0 Å². The van der Waals surface area contributed by atoms with Crippen molar-refractivity contribution in [1.82, 2.24) is 0 Å². The number of terminal acetylenes is 1. The maximum absolute atomic E-state index is 4.00. The van der Waals surface area contributed by atoms with E-state index in [2.05, 4.69) is 12.8 Å². The Hall–Kier alpha value is -0.000519. The van der Waals surface area contributed by atoms with Gasteiger partial charge in [0.1, 0.15) is 0 Å². The van der Waals surface area contributed by atoms with E-state index in [1.54, 1.807) is 0 Å². The number of rotatable bonds is 0. The van der Waals surface area contributed by atoms with E-state index >= 15 is 0 Å². The smallest absolute Gasteiger partial charge is 0 e. The summed E-state index contributed by atoms with van der Waals surface area (Å²) in [6.07, 6.45) is 8.00. The quantitative estimate of drug-likeness (QED) is 0.314. The van der Waals surface area contributed by atoms with E-state index < -0.39 is 0 Å². The molecule has 0 aromatic rings. The van der Waals surface area contributed by atoms with Gasteiger partial charge in [-0.05, 0) is 0 Å². The van der Waals surface area contributed by atoms with Crippen LogP contribution in [-0.2, 0) is 28.0 Å². The second-order valence-corrected chi connectivity index (χ2v) is 0. The first kappa shape index (κ1) is 80.1. The van der Waals surface area contributed by atoms with Crippen molar-refractivity contribution in [2.45, 2.75) is 0 Å². The van der Waals surface area contributed by atoms with E-state index in [0.29, 0.717) is 0 Å². The molecular weight excluding hydrogens is 111 g/mol. The van der Waals surface area contributed by atoms with Crippen LogP contribution in [0.3, 0.4) is 0 Å². The van der Waals surface area contributed by atoms with Crippen molar-refractivity contribution in [3.63, 3.8) is 0 Å². The van der Waals surface area contributed by atoms with Crippen molar-refractivity contribution >= 4 is 0 Å². The van der Waals surface area contributed by atoms with Crippen LogP contribution in [-0.4, -0.2) is 0 Å². The number of hydrogen-bond acceptors (Lipinski definition) is 0. The molecule has 5 heavy (non-hydrogen) atoms. The third-order valence-corrected chi connectivity index (χ3v) is 0. The first-order chi connectivity index (χ1) is 1.00. The summed E-state index contributed by atoms with van der Waals surface area (Å²) in [7, 11) is 0. The van der Waals surface area contributed by atoms with Gasteiger partial charge >= 0.3 is 0 Å². The zero-order valence-electron chi connectivity index (χ0n) is 2.35. The molecule has 0 aliphatic carbocycles. The maximum atomic E-state index is 4.00. The number of hydrogen-bond donors (Lipinski definition) is 0. The Morgan fingerprint density at radius 2 is 0.800 bits per heavy atom. The molecule has 0 bridgehead atoms. The van der Waals surface area contributed by atoms with Crippen LogP contribution in [0, 0.1) is 12.8 Å². The second kappa shape index (κ2) is 133000000. The van der Waals surface area contributed by atoms with Crippen LogP contribution in [0.5, 0.6) is 0 Å². The van der Waals surface area contributed by atoms with Crippen LogP contribution in [0.2, 0.25) is 0 Å². The largest absolute Gasteiger partial charge is 2.00 e. The van der Waals surface area contributed by atoms with E-state index in [1.165, 1.54) is 0 Å². The minimum absolute atomic E-state index is 0. The molecule has 0 unspecified atom stereocenters. The van der Waals surface area contributed by atoms with Gasteiger partial charge in [0, 0.05) is 17.1 Å². The van der Waals surface area contributed by atoms with Crippen LogP contribution in [0.25, 0.3) is 0 Å². The van der Waals surface area contributed by atoms with Gasteiger partial charge in [-0.15, -0.1) is 12.8 Å². The SMILES string of the molecule is C#C.[Mn].[O-2].[O-2]. The third kappa shape index (κ3) is 59300000. The van der Waals surface area contributed by atoms with Crippen LogP contribution < -0.4 is 0 Å². The molecule has 0 amide bonds. The van der Waals surface area contributed by atoms with Gasteiger partial charge < -0.3 is 11.0 Å². The van der Waals surface area contributed by atoms with Crippen LogP contribution in [0.15, 0.2) is 0 Å². The average molecular weight is 113 g/mol. The Morgan fingerprint density at radius 3 is 0.800 bits per heavy atom. The fraction of sp³-hybridized carbons (Fsp3) is 0. The molecule has 0 atom stereocenters.